The molecule has 0 fully saturated rings. The number of hydrogen-bond donors (Lipinski definition) is 4. The third-order valence-electron chi connectivity index (χ3n) is 5.93. The molecule has 0 bridgehead atoms. The number of amides is 3. The van der Waals surface area contributed by atoms with Crippen LogP contribution in [0, 0.1) is 13.8 Å². The fraction of sp³-hybridized carbons (Fsp3) is 0.367. The lowest BCUT2D eigenvalue weighted by molar-refractivity contribution is -0.140. The number of anilines is 1. The van der Waals surface area contributed by atoms with E-state index >= 15 is 0 Å². The minimum atomic E-state index is -1.09. The number of aryl methyl sites for hydroxylation is 2. The van der Waals surface area contributed by atoms with E-state index in [1.54, 1.807) is 26.8 Å². The molecule has 2 atom stereocenters. The first-order valence-electron chi connectivity index (χ1n) is 12.8. The maximum atomic E-state index is 13.9. The number of carbonyl (C=O) groups is 3. The van der Waals surface area contributed by atoms with Crippen molar-refractivity contribution >= 4 is 47.0 Å². The topological polar surface area (TPSA) is 108 Å². The zero-order valence-electron chi connectivity index (χ0n) is 23.0. The number of nitrogens with one attached hydrogen (secondary N) is 2. The maximum absolute atomic E-state index is 13.9. The average Bonchev–Trinajstić information content (AvgIpc) is 2.85. The van der Waals surface area contributed by atoms with Gasteiger partial charge >= 0.3 is 6.09 Å². The molecule has 0 aliphatic heterocycles. The van der Waals surface area contributed by atoms with Gasteiger partial charge in [-0.15, -0.1) is 0 Å². The van der Waals surface area contributed by atoms with Gasteiger partial charge in [0.05, 0.1) is 6.61 Å². The second-order valence-electron chi connectivity index (χ2n) is 10.5. The number of aliphatic hydroxyl groups is 1. The van der Waals surface area contributed by atoms with Crippen LogP contribution in [0.25, 0.3) is 10.8 Å². The average molecular weight is 552 g/mol. The first kappa shape index (κ1) is 30.0. The largest absolute Gasteiger partial charge is 0.444 e. The van der Waals surface area contributed by atoms with Gasteiger partial charge in [-0.05, 0) is 63.1 Å². The highest BCUT2D eigenvalue weighted by atomic mass is 32.1. The normalized spacial score (nSPS) is 12.9. The van der Waals surface area contributed by atoms with Crippen LogP contribution in [-0.2, 0) is 14.3 Å². The zero-order chi connectivity index (χ0) is 28.7. The standard InChI is InChI=1S/C30H37N3O5S/c1-19-14-20(2)16-23(15-19)26(27(35)31-24-11-10-21-8-6-7-9-22(21)17-24)33(12-13-34)28(36)25(18-39)32-29(37)38-30(3,4)5/h6-11,14-17,25-26,34,39H,12-13,18H2,1-5H3,(H,31,35)(H,32,37). The van der Waals surface area contributed by atoms with E-state index in [1.165, 1.54) is 4.90 Å². The number of rotatable bonds is 9. The Morgan fingerprint density at radius 1 is 0.974 bits per heavy atom. The molecule has 3 rings (SSSR count). The Balaban J connectivity index is 2.00. The van der Waals surface area contributed by atoms with Crippen molar-refractivity contribution in [3.8, 4) is 0 Å². The lowest BCUT2D eigenvalue weighted by atomic mass is 9.98. The molecular weight excluding hydrogens is 514 g/mol. The van der Waals surface area contributed by atoms with E-state index in [0.717, 1.165) is 21.9 Å². The Morgan fingerprint density at radius 2 is 1.62 bits per heavy atom. The van der Waals surface area contributed by atoms with Crippen LogP contribution in [0.4, 0.5) is 10.5 Å². The van der Waals surface area contributed by atoms with E-state index < -0.39 is 35.6 Å². The molecule has 3 aromatic carbocycles. The van der Waals surface area contributed by atoms with Crippen LogP contribution in [0.2, 0.25) is 0 Å². The highest BCUT2D eigenvalue weighted by Gasteiger charge is 2.36. The molecule has 3 aromatic rings. The molecule has 2 unspecified atom stereocenters. The van der Waals surface area contributed by atoms with Gasteiger partial charge in [-0.3, -0.25) is 9.59 Å². The van der Waals surface area contributed by atoms with Crippen molar-refractivity contribution in [3.63, 3.8) is 0 Å². The lowest BCUT2D eigenvalue weighted by Gasteiger charge is -2.34. The molecule has 0 aliphatic carbocycles. The van der Waals surface area contributed by atoms with Crippen LogP contribution in [0.1, 0.15) is 43.5 Å². The van der Waals surface area contributed by atoms with Crippen LogP contribution in [0.5, 0.6) is 0 Å². The summed E-state index contributed by atoms with van der Waals surface area (Å²) in [6.07, 6.45) is -0.776. The van der Waals surface area contributed by atoms with Gasteiger partial charge in [0.1, 0.15) is 17.7 Å². The van der Waals surface area contributed by atoms with E-state index in [1.807, 2.05) is 68.4 Å². The van der Waals surface area contributed by atoms with Crippen molar-refractivity contribution in [1.82, 2.24) is 10.2 Å². The van der Waals surface area contributed by atoms with Crippen molar-refractivity contribution in [2.24, 2.45) is 0 Å². The van der Waals surface area contributed by atoms with Crippen LogP contribution in [-0.4, -0.2) is 58.5 Å². The first-order chi connectivity index (χ1) is 18.4. The monoisotopic (exact) mass is 551 g/mol. The Hall–Kier alpha value is -3.56. The van der Waals surface area contributed by atoms with Crippen molar-refractivity contribution in [2.45, 2.75) is 52.3 Å². The second-order valence-corrected chi connectivity index (χ2v) is 10.9. The fourth-order valence-corrected chi connectivity index (χ4v) is 4.68. The molecule has 0 aliphatic rings. The highest BCUT2D eigenvalue weighted by molar-refractivity contribution is 7.80. The molecule has 0 spiro atoms. The summed E-state index contributed by atoms with van der Waals surface area (Å²) in [7, 11) is 0. The van der Waals surface area contributed by atoms with E-state index in [2.05, 4.69) is 23.3 Å². The van der Waals surface area contributed by atoms with Crippen LogP contribution in [0.3, 0.4) is 0 Å². The second kappa shape index (κ2) is 13.0. The fourth-order valence-electron chi connectivity index (χ4n) is 4.43. The molecule has 0 saturated carbocycles. The molecule has 0 radical (unpaired) electrons. The van der Waals surface area contributed by atoms with Crippen molar-refractivity contribution in [1.29, 1.82) is 0 Å². The third-order valence-corrected chi connectivity index (χ3v) is 6.30. The molecule has 0 heterocycles. The lowest BCUT2D eigenvalue weighted by Crippen LogP contribution is -2.53. The Labute approximate surface area is 235 Å². The van der Waals surface area contributed by atoms with Gasteiger partial charge in [-0.25, -0.2) is 4.79 Å². The molecular formula is C30H37N3O5S. The molecule has 208 valence electrons. The summed E-state index contributed by atoms with van der Waals surface area (Å²) in [5.74, 6) is -1.05. The predicted molar refractivity (Wildman–Crippen MR) is 157 cm³/mol. The number of ether oxygens (including phenoxy) is 1. The van der Waals surface area contributed by atoms with Gasteiger partial charge in [-0.2, -0.15) is 12.6 Å². The Kier molecular flexibility index (Phi) is 9.99. The van der Waals surface area contributed by atoms with Crippen molar-refractivity contribution in [3.05, 3.63) is 77.4 Å². The Morgan fingerprint density at radius 3 is 2.21 bits per heavy atom. The van der Waals surface area contributed by atoms with Crippen LogP contribution < -0.4 is 10.6 Å². The zero-order valence-corrected chi connectivity index (χ0v) is 23.9. The first-order valence-corrected chi connectivity index (χ1v) is 13.4. The van der Waals surface area contributed by atoms with Gasteiger partial charge in [0, 0.05) is 18.0 Å². The molecule has 0 saturated heterocycles. The SMILES string of the molecule is Cc1cc(C)cc(C(C(=O)Nc2ccc3ccccc3c2)N(CCO)C(=O)C(CS)NC(=O)OC(C)(C)C)c1. The highest BCUT2D eigenvalue weighted by Crippen LogP contribution is 2.27. The number of thiol groups is 1. The van der Waals surface area contributed by atoms with E-state index in [9.17, 15) is 19.5 Å². The van der Waals surface area contributed by atoms with Crippen molar-refractivity contribution in [2.75, 3.05) is 24.2 Å². The number of carbonyl (C=O) groups excluding carboxylic acids is 3. The van der Waals surface area contributed by atoms with E-state index in [0.29, 0.717) is 11.3 Å². The van der Waals surface area contributed by atoms with Gasteiger partial charge in [0.25, 0.3) is 5.91 Å². The summed E-state index contributed by atoms with van der Waals surface area (Å²) in [5.41, 5.74) is 2.23. The van der Waals surface area contributed by atoms with Gasteiger partial charge in [-0.1, -0.05) is 59.7 Å². The molecule has 0 aromatic heterocycles. The summed E-state index contributed by atoms with van der Waals surface area (Å²) < 4.78 is 5.31. The smallest absolute Gasteiger partial charge is 0.408 e. The van der Waals surface area contributed by atoms with E-state index in [-0.39, 0.29) is 18.9 Å². The summed E-state index contributed by atoms with van der Waals surface area (Å²) >= 11 is 4.28. The summed E-state index contributed by atoms with van der Waals surface area (Å²) in [6, 6.07) is 16.9. The third kappa shape index (κ3) is 8.21. The van der Waals surface area contributed by atoms with Gasteiger partial charge < -0.3 is 25.4 Å². The number of aliphatic hydroxyl groups excluding tert-OH is 1. The molecule has 8 nitrogen and oxygen atoms in total. The molecule has 9 heteroatoms. The Bertz CT molecular complexity index is 1320. The number of nitrogens with zero attached hydrogens (tertiary/aromatic N) is 1. The molecule has 3 N–H and O–H groups in total. The number of benzene rings is 3. The van der Waals surface area contributed by atoms with Crippen molar-refractivity contribution < 1.29 is 24.2 Å². The van der Waals surface area contributed by atoms with Crippen LogP contribution >= 0.6 is 12.6 Å². The molecule has 39 heavy (non-hydrogen) atoms. The summed E-state index contributed by atoms with van der Waals surface area (Å²) in [6.45, 7) is 8.45. The summed E-state index contributed by atoms with van der Waals surface area (Å²) in [4.78, 5) is 41.4. The minimum absolute atomic E-state index is 0.0358. The van der Waals surface area contributed by atoms with Gasteiger partial charge in [0.2, 0.25) is 5.91 Å². The number of fused-ring (bicyclic) bond motifs is 1. The quantitative estimate of drug-likeness (QED) is 0.286. The van der Waals surface area contributed by atoms with E-state index in [4.69, 9.17) is 4.74 Å². The maximum Gasteiger partial charge on any atom is 0.408 e. The number of alkyl carbamates (subject to hydrolysis) is 1. The van der Waals surface area contributed by atoms with Crippen LogP contribution in [0.15, 0.2) is 60.7 Å². The minimum Gasteiger partial charge on any atom is -0.444 e. The summed E-state index contributed by atoms with van der Waals surface area (Å²) in [5, 5.41) is 17.4. The number of hydrogen-bond acceptors (Lipinski definition) is 6. The molecule has 3 amide bonds. The van der Waals surface area contributed by atoms with Gasteiger partial charge in [0.15, 0.2) is 0 Å². The predicted octanol–water partition coefficient (Wildman–Crippen LogP) is 4.78.